The van der Waals surface area contributed by atoms with Gasteiger partial charge in [0.25, 0.3) is 0 Å². The van der Waals surface area contributed by atoms with Gasteiger partial charge >= 0.3 is 0 Å². The summed E-state index contributed by atoms with van der Waals surface area (Å²) in [5.74, 6) is -1.79. The SMILES string of the molecule is Cc1cccc(CO[C@H]2[C@@H]3O[C@H](/C=C/c4ccccc4)O[C@@H]3CO[C@]23COC(C)(C)O3)c1. The predicted molar refractivity (Wildman–Crippen MR) is 119 cm³/mol. The van der Waals surface area contributed by atoms with Crippen molar-refractivity contribution in [1.29, 1.82) is 0 Å². The van der Waals surface area contributed by atoms with Gasteiger partial charge in [-0.1, -0.05) is 66.2 Å². The van der Waals surface area contributed by atoms with Crippen molar-refractivity contribution in [3.63, 3.8) is 0 Å². The van der Waals surface area contributed by atoms with Crippen molar-refractivity contribution in [2.24, 2.45) is 0 Å². The van der Waals surface area contributed by atoms with Crippen LogP contribution < -0.4 is 0 Å². The molecule has 3 aliphatic heterocycles. The third kappa shape index (κ3) is 4.53. The summed E-state index contributed by atoms with van der Waals surface area (Å²) in [6, 6.07) is 18.3. The van der Waals surface area contributed by atoms with E-state index in [1.807, 2.05) is 68.5 Å². The first-order chi connectivity index (χ1) is 15.4. The zero-order valence-corrected chi connectivity index (χ0v) is 18.7. The van der Waals surface area contributed by atoms with E-state index in [1.165, 1.54) is 5.56 Å². The summed E-state index contributed by atoms with van der Waals surface area (Å²) in [5.41, 5.74) is 3.36. The van der Waals surface area contributed by atoms with Crippen LogP contribution in [0.4, 0.5) is 0 Å². The molecule has 2 aromatic carbocycles. The van der Waals surface area contributed by atoms with E-state index in [-0.39, 0.29) is 18.8 Å². The Kier molecular flexibility index (Phi) is 5.92. The Morgan fingerprint density at radius 2 is 1.88 bits per heavy atom. The van der Waals surface area contributed by atoms with Crippen molar-refractivity contribution in [3.8, 4) is 0 Å². The Morgan fingerprint density at radius 1 is 1.03 bits per heavy atom. The maximum absolute atomic E-state index is 6.42. The maximum atomic E-state index is 6.42. The standard InChI is InChI=1S/C26H30O6/c1-18-8-7-11-20(14-18)15-27-24-23-21(16-28-26(24)17-29-25(2,3)32-26)30-22(31-23)13-12-19-9-5-4-6-10-19/h4-14,21-24H,15-17H2,1-3H3/b13-12+/t21-,22-,23-,24+,26+/m1/s1. The van der Waals surface area contributed by atoms with Crippen molar-refractivity contribution in [1.82, 2.24) is 0 Å². The van der Waals surface area contributed by atoms with Gasteiger partial charge in [-0.2, -0.15) is 0 Å². The lowest BCUT2D eigenvalue weighted by molar-refractivity contribution is -0.335. The number of aryl methyl sites for hydroxylation is 1. The van der Waals surface area contributed by atoms with E-state index >= 15 is 0 Å². The van der Waals surface area contributed by atoms with E-state index in [9.17, 15) is 0 Å². The number of rotatable bonds is 5. The lowest BCUT2D eigenvalue weighted by Crippen LogP contribution is -2.62. The molecule has 0 bridgehead atoms. The molecule has 170 valence electrons. The summed E-state index contributed by atoms with van der Waals surface area (Å²) in [4.78, 5) is 0. The number of fused-ring (bicyclic) bond motifs is 1. The lowest BCUT2D eigenvalue weighted by Gasteiger charge is -2.43. The number of hydrogen-bond acceptors (Lipinski definition) is 6. The van der Waals surface area contributed by atoms with E-state index in [0.29, 0.717) is 13.2 Å². The first-order valence-corrected chi connectivity index (χ1v) is 11.1. The summed E-state index contributed by atoms with van der Waals surface area (Å²) in [7, 11) is 0. The highest BCUT2D eigenvalue weighted by Gasteiger charge is 2.62. The van der Waals surface area contributed by atoms with Gasteiger partial charge in [0.15, 0.2) is 12.1 Å². The fourth-order valence-electron chi connectivity index (χ4n) is 4.50. The van der Waals surface area contributed by atoms with Gasteiger partial charge in [0.2, 0.25) is 5.79 Å². The summed E-state index contributed by atoms with van der Waals surface area (Å²) in [6.07, 6.45) is 2.35. The Morgan fingerprint density at radius 3 is 2.62 bits per heavy atom. The fraction of sp³-hybridized carbons (Fsp3) is 0.462. The molecule has 0 saturated carbocycles. The Balaban J connectivity index is 1.35. The van der Waals surface area contributed by atoms with Crippen LogP contribution in [0.25, 0.3) is 6.08 Å². The molecule has 3 heterocycles. The summed E-state index contributed by atoms with van der Waals surface area (Å²) in [5, 5.41) is 0. The second-order valence-corrected chi connectivity index (χ2v) is 9.05. The third-order valence-corrected chi connectivity index (χ3v) is 5.99. The van der Waals surface area contributed by atoms with Crippen molar-refractivity contribution in [3.05, 3.63) is 77.4 Å². The predicted octanol–water partition coefficient (Wildman–Crippen LogP) is 4.21. The topological polar surface area (TPSA) is 55.4 Å². The Labute approximate surface area is 189 Å². The molecule has 5 rings (SSSR count). The first kappa shape index (κ1) is 21.8. The number of benzene rings is 2. The van der Waals surface area contributed by atoms with E-state index in [2.05, 4.69) is 19.1 Å². The maximum Gasteiger partial charge on any atom is 0.224 e. The highest BCUT2D eigenvalue weighted by atomic mass is 16.9. The van der Waals surface area contributed by atoms with Crippen LogP contribution in [0.1, 0.15) is 30.5 Å². The molecule has 2 aromatic rings. The molecular formula is C26H30O6. The minimum atomic E-state index is -1.03. The normalized spacial score (nSPS) is 33.7. The van der Waals surface area contributed by atoms with Gasteiger partial charge in [0.1, 0.15) is 24.9 Å². The zero-order chi connectivity index (χ0) is 22.2. The molecule has 6 nitrogen and oxygen atoms in total. The number of ether oxygens (including phenoxy) is 6. The second kappa shape index (κ2) is 8.71. The van der Waals surface area contributed by atoms with Gasteiger partial charge in [-0.05, 0) is 38.0 Å². The lowest BCUT2D eigenvalue weighted by atomic mass is 9.97. The molecule has 1 spiro atoms. The first-order valence-electron chi connectivity index (χ1n) is 11.1. The molecular weight excluding hydrogens is 408 g/mol. The van der Waals surface area contributed by atoms with Gasteiger partial charge in [0.05, 0.1) is 13.2 Å². The van der Waals surface area contributed by atoms with Crippen molar-refractivity contribution < 1.29 is 28.4 Å². The van der Waals surface area contributed by atoms with Crippen LogP contribution >= 0.6 is 0 Å². The van der Waals surface area contributed by atoms with E-state index in [1.54, 1.807) is 0 Å². The highest BCUT2D eigenvalue weighted by molar-refractivity contribution is 5.49. The Bertz CT molecular complexity index is 958. The monoisotopic (exact) mass is 438 g/mol. The average Bonchev–Trinajstić information content (AvgIpc) is 3.33. The van der Waals surface area contributed by atoms with Crippen LogP contribution in [0.3, 0.4) is 0 Å². The van der Waals surface area contributed by atoms with Gasteiger partial charge in [0, 0.05) is 0 Å². The van der Waals surface area contributed by atoms with Crippen LogP contribution in [-0.4, -0.2) is 49.4 Å². The molecule has 0 aromatic heterocycles. The summed E-state index contributed by atoms with van der Waals surface area (Å²) in [6.45, 7) is 6.87. The molecule has 0 N–H and O–H groups in total. The minimum absolute atomic E-state index is 0.249. The van der Waals surface area contributed by atoms with Gasteiger partial charge in [-0.3, -0.25) is 0 Å². The molecule has 5 atom stereocenters. The number of hydrogen-bond donors (Lipinski definition) is 0. The molecule has 0 amide bonds. The van der Waals surface area contributed by atoms with Crippen molar-refractivity contribution in [2.75, 3.05) is 13.2 Å². The van der Waals surface area contributed by atoms with E-state index < -0.39 is 24.0 Å². The van der Waals surface area contributed by atoms with E-state index in [0.717, 1.165) is 11.1 Å². The van der Waals surface area contributed by atoms with Gasteiger partial charge in [-0.25, -0.2) is 0 Å². The van der Waals surface area contributed by atoms with Gasteiger partial charge < -0.3 is 28.4 Å². The molecule has 0 radical (unpaired) electrons. The molecule has 3 aliphatic rings. The average molecular weight is 439 g/mol. The molecule has 0 aliphatic carbocycles. The smallest absolute Gasteiger partial charge is 0.224 e. The molecule has 6 heteroatoms. The molecule has 32 heavy (non-hydrogen) atoms. The Hall–Kier alpha value is -2.06. The zero-order valence-electron chi connectivity index (χ0n) is 18.7. The van der Waals surface area contributed by atoms with Crippen LogP contribution in [0.5, 0.6) is 0 Å². The minimum Gasteiger partial charge on any atom is -0.365 e. The van der Waals surface area contributed by atoms with Crippen LogP contribution in [0.15, 0.2) is 60.7 Å². The van der Waals surface area contributed by atoms with Crippen LogP contribution in [0, 0.1) is 6.92 Å². The van der Waals surface area contributed by atoms with Crippen LogP contribution in [0.2, 0.25) is 0 Å². The highest BCUT2D eigenvalue weighted by Crippen LogP contribution is 2.43. The fourth-order valence-corrected chi connectivity index (χ4v) is 4.50. The second-order valence-electron chi connectivity index (χ2n) is 9.05. The third-order valence-electron chi connectivity index (χ3n) is 5.99. The van der Waals surface area contributed by atoms with Gasteiger partial charge in [-0.15, -0.1) is 0 Å². The van der Waals surface area contributed by atoms with E-state index in [4.69, 9.17) is 28.4 Å². The molecule has 3 fully saturated rings. The molecule has 0 unspecified atom stereocenters. The largest absolute Gasteiger partial charge is 0.365 e. The van der Waals surface area contributed by atoms with Crippen LogP contribution in [-0.2, 0) is 35.0 Å². The van der Waals surface area contributed by atoms with Crippen molar-refractivity contribution in [2.45, 2.75) is 63.6 Å². The summed E-state index contributed by atoms with van der Waals surface area (Å²) < 4.78 is 37.2. The quantitative estimate of drug-likeness (QED) is 0.697. The molecule has 3 saturated heterocycles. The van der Waals surface area contributed by atoms with Crippen molar-refractivity contribution >= 4 is 6.08 Å². The summed E-state index contributed by atoms with van der Waals surface area (Å²) >= 11 is 0.